The fraction of sp³-hybridized carbons (Fsp3) is 0.625. The number of carbonyl (C=O) groups excluding carboxylic acids is 2. The number of amides is 2. The molecule has 124 valence electrons. The molecule has 1 aromatic heterocycles. The van der Waals surface area contributed by atoms with Crippen molar-refractivity contribution < 1.29 is 14.3 Å². The topological polar surface area (TPSA) is 84.4 Å². The van der Waals surface area contributed by atoms with Crippen LogP contribution in [0, 0.1) is 18.3 Å². The molecule has 0 aromatic carbocycles. The van der Waals surface area contributed by atoms with Crippen LogP contribution >= 0.6 is 0 Å². The Labute approximate surface area is 135 Å². The van der Waals surface area contributed by atoms with Gasteiger partial charge in [0.2, 0.25) is 0 Å². The summed E-state index contributed by atoms with van der Waals surface area (Å²) >= 11 is 0. The molecule has 0 radical (unpaired) electrons. The number of hydrogen-bond acceptors (Lipinski definition) is 5. The van der Waals surface area contributed by atoms with E-state index >= 15 is 0 Å². The van der Waals surface area contributed by atoms with Gasteiger partial charge in [0.1, 0.15) is 5.82 Å². The molecule has 2 aliphatic rings. The van der Waals surface area contributed by atoms with Crippen molar-refractivity contribution in [3.8, 4) is 0 Å². The van der Waals surface area contributed by atoms with Crippen molar-refractivity contribution >= 4 is 12.0 Å². The van der Waals surface area contributed by atoms with E-state index in [9.17, 15) is 9.59 Å². The molecule has 3 rings (SSSR count). The molecule has 1 aromatic rings. The largest absolute Gasteiger partial charge is 0.469 e. The molecule has 1 atom stereocenters. The van der Waals surface area contributed by atoms with Gasteiger partial charge in [-0.2, -0.15) is 0 Å². The van der Waals surface area contributed by atoms with Crippen LogP contribution in [0.1, 0.15) is 30.8 Å². The molecule has 1 aliphatic heterocycles. The molecule has 2 fully saturated rings. The zero-order valence-electron chi connectivity index (χ0n) is 13.5. The zero-order valence-corrected chi connectivity index (χ0v) is 13.5. The molecule has 2 amide bonds. The lowest BCUT2D eigenvalue weighted by molar-refractivity contribution is -0.143. The normalized spacial score (nSPS) is 21.8. The van der Waals surface area contributed by atoms with E-state index in [4.69, 9.17) is 4.74 Å². The van der Waals surface area contributed by atoms with Crippen LogP contribution in [0.15, 0.2) is 12.3 Å². The van der Waals surface area contributed by atoms with Gasteiger partial charge >= 0.3 is 12.0 Å². The Morgan fingerprint density at radius 2 is 2.17 bits per heavy atom. The molecule has 7 nitrogen and oxygen atoms in total. The maximum Gasteiger partial charge on any atom is 0.317 e. The Balaban J connectivity index is 1.47. The van der Waals surface area contributed by atoms with E-state index in [1.54, 1.807) is 12.3 Å². The second-order valence-corrected chi connectivity index (χ2v) is 6.38. The van der Waals surface area contributed by atoms with E-state index in [0.717, 1.165) is 25.0 Å². The predicted octanol–water partition coefficient (Wildman–Crippen LogP) is 1.27. The summed E-state index contributed by atoms with van der Waals surface area (Å²) < 4.78 is 4.83. The summed E-state index contributed by atoms with van der Waals surface area (Å²) in [5.41, 5.74) is 0.875. The number of piperidine rings is 1. The minimum Gasteiger partial charge on any atom is -0.469 e. The van der Waals surface area contributed by atoms with Gasteiger partial charge in [-0.3, -0.25) is 4.79 Å². The van der Waals surface area contributed by atoms with Crippen molar-refractivity contribution in [1.29, 1.82) is 0 Å². The van der Waals surface area contributed by atoms with Crippen molar-refractivity contribution in [3.63, 3.8) is 0 Å². The summed E-state index contributed by atoms with van der Waals surface area (Å²) in [6.07, 6.45) is 4.32. The van der Waals surface area contributed by atoms with Gasteiger partial charge in [0.15, 0.2) is 0 Å². The molecule has 1 N–H and O–H groups in total. The zero-order chi connectivity index (χ0) is 16.4. The number of ether oxygens (including phenoxy) is 1. The van der Waals surface area contributed by atoms with E-state index in [1.165, 1.54) is 7.11 Å². The number of esters is 1. The highest BCUT2D eigenvalue weighted by molar-refractivity contribution is 5.77. The number of carbonyl (C=O) groups is 2. The number of urea groups is 1. The van der Waals surface area contributed by atoms with Crippen molar-refractivity contribution in [1.82, 2.24) is 20.2 Å². The summed E-state index contributed by atoms with van der Waals surface area (Å²) in [5.74, 6) is 0.614. The first-order valence-electron chi connectivity index (χ1n) is 7.93. The predicted molar refractivity (Wildman–Crippen MR) is 82.4 cm³/mol. The molecular weight excluding hydrogens is 296 g/mol. The third-order valence-electron chi connectivity index (χ3n) is 4.98. The Morgan fingerprint density at radius 1 is 1.43 bits per heavy atom. The summed E-state index contributed by atoms with van der Waals surface area (Å²) in [6, 6.07) is 1.72. The van der Waals surface area contributed by atoms with Gasteiger partial charge in [0, 0.05) is 19.3 Å². The van der Waals surface area contributed by atoms with Crippen LogP contribution in [0.3, 0.4) is 0 Å². The monoisotopic (exact) mass is 318 g/mol. The van der Waals surface area contributed by atoms with Gasteiger partial charge in [-0.1, -0.05) is 0 Å². The van der Waals surface area contributed by atoms with Gasteiger partial charge < -0.3 is 15.0 Å². The quantitative estimate of drug-likeness (QED) is 0.848. The average Bonchev–Trinajstić information content (AvgIpc) is 3.26. The fourth-order valence-corrected chi connectivity index (χ4v) is 3.41. The maximum atomic E-state index is 12.2. The van der Waals surface area contributed by atoms with Gasteiger partial charge in [-0.25, -0.2) is 14.8 Å². The first-order chi connectivity index (χ1) is 11.0. The molecule has 1 spiro atoms. The van der Waals surface area contributed by atoms with Crippen LogP contribution in [0.5, 0.6) is 0 Å². The fourth-order valence-electron chi connectivity index (χ4n) is 3.41. The lowest BCUT2D eigenvalue weighted by Crippen LogP contribution is -2.45. The number of aromatic nitrogens is 2. The highest BCUT2D eigenvalue weighted by Gasteiger charge is 2.59. The number of hydrogen-bond donors (Lipinski definition) is 1. The first kappa shape index (κ1) is 15.7. The van der Waals surface area contributed by atoms with E-state index in [1.807, 2.05) is 11.8 Å². The average molecular weight is 318 g/mol. The molecule has 0 bridgehead atoms. The van der Waals surface area contributed by atoms with E-state index in [-0.39, 0.29) is 23.3 Å². The van der Waals surface area contributed by atoms with E-state index in [2.05, 4.69) is 15.3 Å². The van der Waals surface area contributed by atoms with Crippen LogP contribution in [-0.2, 0) is 16.1 Å². The number of methoxy groups -OCH3 is 1. The number of nitrogens with one attached hydrogen (secondary N) is 1. The molecular formula is C16H22N4O3. The Morgan fingerprint density at radius 3 is 2.83 bits per heavy atom. The van der Waals surface area contributed by atoms with Crippen LogP contribution in [0.2, 0.25) is 0 Å². The van der Waals surface area contributed by atoms with Crippen LogP contribution < -0.4 is 5.32 Å². The van der Waals surface area contributed by atoms with Crippen LogP contribution in [-0.4, -0.2) is 47.1 Å². The van der Waals surface area contributed by atoms with Crippen LogP contribution in [0.4, 0.5) is 4.79 Å². The van der Waals surface area contributed by atoms with E-state index in [0.29, 0.717) is 25.5 Å². The summed E-state index contributed by atoms with van der Waals surface area (Å²) in [7, 11) is 1.44. The molecule has 1 saturated heterocycles. The molecule has 1 aliphatic carbocycles. The third kappa shape index (κ3) is 3.28. The van der Waals surface area contributed by atoms with Gasteiger partial charge in [0.05, 0.1) is 25.3 Å². The molecule has 2 heterocycles. The smallest absolute Gasteiger partial charge is 0.317 e. The first-order valence-corrected chi connectivity index (χ1v) is 7.93. The number of nitrogens with zero attached hydrogens (tertiary/aromatic N) is 3. The lowest BCUT2D eigenvalue weighted by atomic mass is 9.91. The SMILES string of the molecule is COC(=O)C1CC12CCN(C(=O)NCc1ccnc(C)n1)CC2. The van der Waals surface area contributed by atoms with Gasteiger partial charge in [-0.05, 0) is 37.7 Å². The number of aryl methyl sites for hydroxylation is 1. The van der Waals surface area contributed by atoms with Crippen molar-refractivity contribution in [2.24, 2.45) is 11.3 Å². The Kier molecular flexibility index (Phi) is 4.19. The molecule has 1 saturated carbocycles. The lowest BCUT2D eigenvalue weighted by Gasteiger charge is -2.32. The minimum atomic E-state index is -0.109. The van der Waals surface area contributed by atoms with Crippen LogP contribution in [0.25, 0.3) is 0 Å². The standard InChI is InChI=1S/C16H22N4O3/c1-11-17-6-3-12(19-11)10-18-15(22)20-7-4-16(5-8-20)9-13(16)14(21)23-2/h3,6,13H,4-5,7-10H2,1-2H3,(H,18,22). The maximum absolute atomic E-state index is 12.2. The highest BCUT2D eigenvalue weighted by Crippen LogP contribution is 2.59. The van der Waals surface area contributed by atoms with Gasteiger partial charge in [-0.15, -0.1) is 0 Å². The molecule has 23 heavy (non-hydrogen) atoms. The summed E-state index contributed by atoms with van der Waals surface area (Å²) in [5, 5.41) is 2.89. The Hall–Kier alpha value is -2.18. The Bertz CT molecular complexity index is 611. The number of rotatable bonds is 3. The second-order valence-electron chi connectivity index (χ2n) is 6.38. The molecule has 7 heteroatoms. The van der Waals surface area contributed by atoms with Crippen molar-refractivity contribution in [2.45, 2.75) is 32.7 Å². The number of likely N-dealkylation sites (tertiary alicyclic amines) is 1. The second kappa shape index (κ2) is 6.14. The van der Waals surface area contributed by atoms with Crippen molar-refractivity contribution in [2.75, 3.05) is 20.2 Å². The minimum absolute atomic E-state index is 0.0294. The van der Waals surface area contributed by atoms with Crippen molar-refractivity contribution in [3.05, 3.63) is 23.8 Å². The van der Waals surface area contributed by atoms with Gasteiger partial charge in [0.25, 0.3) is 0 Å². The summed E-state index contributed by atoms with van der Waals surface area (Å²) in [6.45, 7) is 3.58. The highest BCUT2D eigenvalue weighted by atomic mass is 16.5. The molecule has 1 unspecified atom stereocenters. The third-order valence-corrected chi connectivity index (χ3v) is 4.98. The van der Waals surface area contributed by atoms with E-state index < -0.39 is 0 Å². The summed E-state index contributed by atoms with van der Waals surface area (Å²) in [4.78, 5) is 34.0.